The zero-order chi connectivity index (χ0) is 14.8. The van der Waals surface area contributed by atoms with E-state index in [1.807, 2.05) is 30.3 Å². The minimum absolute atomic E-state index is 0.0728. The fraction of sp³-hybridized carbons (Fsp3) is 0.500. The summed E-state index contributed by atoms with van der Waals surface area (Å²) in [5.74, 6) is 0.0728. The molecule has 0 atom stereocenters. The van der Waals surface area contributed by atoms with Crippen LogP contribution in [0.25, 0.3) is 0 Å². The quantitative estimate of drug-likeness (QED) is 0.467. The van der Waals surface area contributed by atoms with Gasteiger partial charge in [-0.2, -0.15) is 0 Å². The lowest BCUT2D eigenvalue weighted by Crippen LogP contribution is -2.30. The third-order valence-electron chi connectivity index (χ3n) is 3.43. The molecule has 0 amide bonds. The Hall–Kier alpha value is -1.41. The molecule has 0 saturated carbocycles. The van der Waals surface area contributed by atoms with Gasteiger partial charge in [0.1, 0.15) is 0 Å². The third kappa shape index (κ3) is 5.70. The first kappa shape index (κ1) is 16.6. The zero-order valence-electron chi connectivity index (χ0n) is 12.9. The maximum absolute atomic E-state index is 12.3. The van der Waals surface area contributed by atoms with Crippen molar-refractivity contribution < 1.29 is 4.79 Å². The Labute approximate surface area is 123 Å². The summed E-state index contributed by atoms with van der Waals surface area (Å²) in [7, 11) is 0. The predicted molar refractivity (Wildman–Crippen MR) is 86.2 cm³/mol. The molecule has 110 valence electrons. The van der Waals surface area contributed by atoms with Crippen LogP contribution in [0.3, 0.4) is 0 Å². The molecule has 1 rings (SSSR count). The number of Topliss-reactive ketones (excluding diaryl/α,β-unsaturated/α-hetero) is 1. The van der Waals surface area contributed by atoms with Crippen molar-refractivity contribution in [2.24, 2.45) is 0 Å². The minimum Gasteiger partial charge on any atom is -0.299 e. The van der Waals surface area contributed by atoms with E-state index < -0.39 is 0 Å². The first-order valence-electron chi connectivity index (χ1n) is 7.68. The number of benzene rings is 1. The number of rotatable bonds is 10. The number of carbonyl (C=O) groups excluding carboxylic acids is 1. The molecule has 0 heterocycles. The van der Waals surface area contributed by atoms with Crippen molar-refractivity contribution in [2.45, 2.75) is 39.5 Å². The predicted octanol–water partition coefficient (Wildman–Crippen LogP) is 4.33. The second-order valence-electron chi connectivity index (χ2n) is 5.28. The topological polar surface area (TPSA) is 20.3 Å². The lowest BCUT2D eigenvalue weighted by atomic mass is 10.0. The van der Waals surface area contributed by atoms with Gasteiger partial charge in [-0.25, -0.2) is 0 Å². The highest BCUT2D eigenvalue weighted by atomic mass is 16.1. The van der Waals surface area contributed by atoms with Crippen molar-refractivity contribution in [2.75, 3.05) is 19.6 Å². The summed E-state index contributed by atoms with van der Waals surface area (Å²) in [5, 5.41) is 0. The van der Waals surface area contributed by atoms with Gasteiger partial charge in [0.2, 0.25) is 0 Å². The van der Waals surface area contributed by atoms with Gasteiger partial charge < -0.3 is 0 Å². The van der Waals surface area contributed by atoms with E-state index in [0.29, 0.717) is 12.1 Å². The average Bonchev–Trinajstić information content (AvgIpc) is 2.49. The Kier molecular flexibility index (Phi) is 7.89. The molecular weight excluding hydrogens is 246 g/mol. The fourth-order valence-electron chi connectivity index (χ4n) is 2.17. The van der Waals surface area contributed by atoms with E-state index in [2.05, 4.69) is 25.3 Å². The summed E-state index contributed by atoms with van der Waals surface area (Å²) in [6.07, 6.45) is 4.72. The van der Waals surface area contributed by atoms with Crippen molar-refractivity contribution in [3.05, 3.63) is 48.0 Å². The summed E-state index contributed by atoms with van der Waals surface area (Å²) in [4.78, 5) is 14.7. The molecule has 0 aromatic heterocycles. The fourth-order valence-corrected chi connectivity index (χ4v) is 2.17. The van der Waals surface area contributed by atoms with Gasteiger partial charge in [0.05, 0.1) is 0 Å². The van der Waals surface area contributed by atoms with E-state index in [-0.39, 0.29) is 5.78 Å². The maximum Gasteiger partial charge on any atom is 0.189 e. The van der Waals surface area contributed by atoms with Crippen LogP contribution in [0.2, 0.25) is 0 Å². The van der Waals surface area contributed by atoms with E-state index in [1.54, 1.807) is 0 Å². The third-order valence-corrected chi connectivity index (χ3v) is 3.43. The molecule has 0 bridgehead atoms. The van der Waals surface area contributed by atoms with Crippen molar-refractivity contribution >= 4 is 5.78 Å². The largest absolute Gasteiger partial charge is 0.299 e. The molecule has 0 aliphatic heterocycles. The highest BCUT2D eigenvalue weighted by Crippen LogP contribution is 2.10. The molecule has 0 saturated heterocycles. The van der Waals surface area contributed by atoms with Crippen LogP contribution < -0.4 is 0 Å². The number of unbranched alkanes of at least 4 members (excludes halogenated alkanes) is 2. The second-order valence-corrected chi connectivity index (χ2v) is 5.28. The molecule has 20 heavy (non-hydrogen) atoms. The van der Waals surface area contributed by atoms with Gasteiger partial charge in [-0.3, -0.25) is 9.69 Å². The van der Waals surface area contributed by atoms with Crippen LogP contribution in [0.4, 0.5) is 0 Å². The van der Waals surface area contributed by atoms with Crippen LogP contribution in [0.1, 0.15) is 49.9 Å². The molecule has 2 heteroatoms. The van der Waals surface area contributed by atoms with Gasteiger partial charge in [0, 0.05) is 17.7 Å². The molecule has 2 nitrogen and oxygen atoms in total. The summed E-state index contributed by atoms with van der Waals surface area (Å²) >= 11 is 0. The van der Waals surface area contributed by atoms with Crippen LogP contribution in [-0.4, -0.2) is 30.3 Å². The molecule has 1 aromatic carbocycles. The van der Waals surface area contributed by atoms with Crippen molar-refractivity contribution in [3.63, 3.8) is 0 Å². The summed E-state index contributed by atoms with van der Waals surface area (Å²) in [6, 6.07) is 9.43. The van der Waals surface area contributed by atoms with E-state index >= 15 is 0 Å². The number of ketones is 1. The average molecular weight is 273 g/mol. The van der Waals surface area contributed by atoms with Crippen LogP contribution in [0, 0.1) is 0 Å². The normalized spacial score (nSPS) is 10.8. The highest BCUT2D eigenvalue weighted by molar-refractivity contribution is 6.08. The van der Waals surface area contributed by atoms with Crippen LogP contribution in [0.15, 0.2) is 42.5 Å². The number of nitrogens with zero attached hydrogens (tertiary/aromatic N) is 1. The Morgan fingerprint density at radius 3 is 2.10 bits per heavy atom. The van der Waals surface area contributed by atoms with Gasteiger partial charge >= 0.3 is 0 Å². The van der Waals surface area contributed by atoms with Crippen LogP contribution in [-0.2, 0) is 0 Å². The zero-order valence-corrected chi connectivity index (χ0v) is 12.9. The molecule has 0 fully saturated rings. The second kappa shape index (κ2) is 9.49. The summed E-state index contributed by atoms with van der Waals surface area (Å²) in [5.41, 5.74) is 1.44. The first-order valence-corrected chi connectivity index (χ1v) is 7.68. The van der Waals surface area contributed by atoms with Crippen molar-refractivity contribution in [3.8, 4) is 0 Å². The molecular formula is C18H27NO. The SMILES string of the molecule is C=C(CN(CCCC)CCCC)C(=O)c1ccccc1. The van der Waals surface area contributed by atoms with Gasteiger partial charge in [0.15, 0.2) is 5.78 Å². The van der Waals surface area contributed by atoms with Crippen molar-refractivity contribution in [1.82, 2.24) is 4.90 Å². The van der Waals surface area contributed by atoms with Gasteiger partial charge in [0.25, 0.3) is 0 Å². The Morgan fingerprint density at radius 1 is 1.05 bits per heavy atom. The highest BCUT2D eigenvalue weighted by Gasteiger charge is 2.13. The monoisotopic (exact) mass is 273 g/mol. The summed E-state index contributed by atoms with van der Waals surface area (Å²) < 4.78 is 0. The lowest BCUT2D eigenvalue weighted by molar-refractivity contribution is 0.102. The molecule has 0 N–H and O–H groups in total. The Balaban J connectivity index is 2.58. The van der Waals surface area contributed by atoms with E-state index in [4.69, 9.17) is 0 Å². The summed E-state index contributed by atoms with van der Waals surface area (Å²) in [6.45, 7) is 11.2. The molecule has 0 spiro atoms. The van der Waals surface area contributed by atoms with Gasteiger partial charge in [-0.1, -0.05) is 63.6 Å². The van der Waals surface area contributed by atoms with E-state index in [1.165, 1.54) is 25.7 Å². The first-order chi connectivity index (χ1) is 9.69. The number of hydrogen-bond acceptors (Lipinski definition) is 2. The molecule has 0 radical (unpaired) electrons. The molecule has 0 aliphatic rings. The van der Waals surface area contributed by atoms with Gasteiger partial charge in [-0.05, 0) is 25.9 Å². The number of hydrogen-bond donors (Lipinski definition) is 0. The van der Waals surface area contributed by atoms with E-state index in [0.717, 1.165) is 18.7 Å². The lowest BCUT2D eigenvalue weighted by Gasteiger charge is -2.22. The molecule has 0 aliphatic carbocycles. The van der Waals surface area contributed by atoms with Gasteiger partial charge in [-0.15, -0.1) is 0 Å². The van der Waals surface area contributed by atoms with Crippen LogP contribution >= 0.6 is 0 Å². The molecule has 1 aromatic rings. The maximum atomic E-state index is 12.3. The van der Waals surface area contributed by atoms with Crippen molar-refractivity contribution in [1.29, 1.82) is 0 Å². The number of carbonyl (C=O) groups is 1. The standard InChI is InChI=1S/C18H27NO/c1-4-6-13-19(14-7-5-2)15-16(3)18(20)17-11-9-8-10-12-17/h8-12H,3-7,13-15H2,1-2H3. The van der Waals surface area contributed by atoms with E-state index in [9.17, 15) is 4.79 Å². The van der Waals surface area contributed by atoms with Crippen LogP contribution in [0.5, 0.6) is 0 Å². The minimum atomic E-state index is 0.0728. The Bertz CT molecular complexity index is 403. The molecule has 0 unspecified atom stereocenters. The smallest absolute Gasteiger partial charge is 0.189 e. The Morgan fingerprint density at radius 2 is 1.60 bits per heavy atom.